The first-order valence-electron chi connectivity index (χ1n) is 7.01. The molecular formula is C14H18BFIN3O. The van der Waals surface area contributed by atoms with E-state index in [1.165, 1.54) is 4.57 Å². The molecule has 1 aromatic rings. The number of anilines is 1. The Morgan fingerprint density at radius 1 is 1.67 bits per heavy atom. The van der Waals surface area contributed by atoms with Crippen LogP contribution in [-0.4, -0.2) is 27.6 Å². The third-order valence-electron chi connectivity index (χ3n) is 4.02. The highest BCUT2D eigenvalue weighted by Crippen LogP contribution is 2.38. The van der Waals surface area contributed by atoms with Gasteiger partial charge in [0.1, 0.15) is 12.0 Å². The van der Waals surface area contributed by atoms with E-state index in [0.717, 1.165) is 12.8 Å². The molecule has 4 nitrogen and oxygen atoms in total. The van der Waals surface area contributed by atoms with E-state index in [1.807, 2.05) is 6.08 Å². The van der Waals surface area contributed by atoms with Gasteiger partial charge in [-0.25, -0.2) is 9.18 Å². The first-order chi connectivity index (χ1) is 10.1. The predicted octanol–water partition coefficient (Wildman–Crippen LogP) is 2.80. The Morgan fingerprint density at radius 3 is 3.00 bits per heavy atom. The minimum atomic E-state index is -1.03. The van der Waals surface area contributed by atoms with Gasteiger partial charge in [-0.05, 0) is 37.7 Å². The van der Waals surface area contributed by atoms with E-state index in [0.29, 0.717) is 28.5 Å². The van der Waals surface area contributed by atoms with Crippen molar-refractivity contribution in [1.29, 1.82) is 0 Å². The molecule has 0 aromatic carbocycles. The van der Waals surface area contributed by atoms with Crippen LogP contribution in [0.15, 0.2) is 29.7 Å². The lowest BCUT2D eigenvalue weighted by Gasteiger charge is -2.34. The Kier molecular flexibility index (Phi) is 5.84. The van der Waals surface area contributed by atoms with Crippen LogP contribution in [0.5, 0.6) is 0 Å². The molecule has 1 saturated carbocycles. The largest absolute Gasteiger partial charge is 0.422 e. The standard InChI is InChI=1S/C14H18BFIN3O/c1-2-3-11(17)9-4-5-12(10(16)8-9)20-7-6-13(19-15)18-14(20)21/h2,6-7,9-12H,1,3-5,8H2,(H,18,19,21)/t9-,10-,11?,12+/m0/s1. The van der Waals surface area contributed by atoms with Crippen LogP contribution in [-0.2, 0) is 0 Å². The maximum atomic E-state index is 14.5. The highest BCUT2D eigenvalue weighted by molar-refractivity contribution is 14.1. The number of nitrogens with one attached hydrogen (secondary N) is 1. The minimum absolute atomic E-state index is 0.290. The molecule has 0 bridgehead atoms. The van der Waals surface area contributed by atoms with Gasteiger partial charge >= 0.3 is 5.69 Å². The Bertz CT molecular complexity index is 553. The molecule has 1 fully saturated rings. The lowest BCUT2D eigenvalue weighted by molar-refractivity contribution is 0.128. The normalized spacial score (nSPS) is 27.0. The molecule has 4 atom stereocenters. The summed E-state index contributed by atoms with van der Waals surface area (Å²) in [4.78, 5) is 15.7. The molecule has 7 heteroatoms. The van der Waals surface area contributed by atoms with Gasteiger partial charge in [-0.1, -0.05) is 28.7 Å². The van der Waals surface area contributed by atoms with Crippen LogP contribution >= 0.6 is 22.6 Å². The Hall–Kier alpha value is -0.855. The van der Waals surface area contributed by atoms with Crippen LogP contribution < -0.4 is 10.9 Å². The highest BCUT2D eigenvalue weighted by Gasteiger charge is 2.34. The second-order valence-corrected chi connectivity index (χ2v) is 6.94. The molecule has 0 spiro atoms. The van der Waals surface area contributed by atoms with Gasteiger partial charge in [-0.2, -0.15) is 4.98 Å². The van der Waals surface area contributed by atoms with E-state index in [4.69, 9.17) is 7.98 Å². The van der Waals surface area contributed by atoms with Crippen molar-refractivity contribution in [3.8, 4) is 0 Å². The van der Waals surface area contributed by atoms with Gasteiger partial charge in [0.25, 0.3) is 0 Å². The maximum absolute atomic E-state index is 14.5. The highest BCUT2D eigenvalue weighted by atomic mass is 127. The van der Waals surface area contributed by atoms with E-state index >= 15 is 0 Å². The lowest BCUT2D eigenvalue weighted by atomic mass is 9.82. The SMILES string of the molecule is [B]Nc1ccn([C@@H]2CC[C@H](C(I)CC=C)C[C@@H]2F)c(=O)n1. The van der Waals surface area contributed by atoms with Crippen molar-refractivity contribution in [3.63, 3.8) is 0 Å². The van der Waals surface area contributed by atoms with Crippen molar-refractivity contribution in [2.45, 2.75) is 41.8 Å². The number of hydrogen-bond acceptors (Lipinski definition) is 3. The average Bonchev–Trinajstić information content (AvgIpc) is 2.47. The fourth-order valence-electron chi connectivity index (χ4n) is 2.87. The van der Waals surface area contributed by atoms with E-state index in [-0.39, 0.29) is 0 Å². The molecule has 2 radical (unpaired) electrons. The maximum Gasteiger partial charge on any atom is 0.349 e. The summed E-state index contributed by atoms with van der Waals surface area (Å²) in [5, 5.41) is 2.32. The van der Waals surface area contributed by atoms with Crippen molar-refractivity contribution in [2.75, 3.05) is 5.23 Å². The predicted molar refractivity (Wildman–Crippen MR) is 91.8 cm³/mol. The molecule has 1 aliphatic carbocycles. The summed E-state index contributed by atoms with van der Waals surface area (Å²) in [5.41, 5.74) is -0.464. The van der Waals surface area contributed by atoms with Crippen molar-refractivity contribution >= 4 is 36.4 Å². The number of halogens is 2. The quantitative estimate of drug-likeness (QED) is 0.358. The third kappa shape index (κ3) is 3.87. The van der Waals surface area contributed by atoms with Crippen molar-refractivity contribution in [3.05, 3.63) is 35.4 Å². The summed E-state index contributed by atoms with van der Waals surface area (Å²) in [6.07, 6.45) is 5.35. The van der Waals surface area contributed by atoms with Crippen LogP contribution in [0.3, 0.4) is 0 Å². The first kappa shape index (κ1) is 16.5. The Morgan fingerprint density at radius 2 is 2.43 bits per heavy atom. The summed E-state index contributed by atoms with van der Waals surface area (Å²) >= 11 is 2.37. The fraction of sp³-hybridized carbons (Fsp3) is 0.571. The second-order valence-electron chi connectivity index (χ2n) is 5.34. The van der Waals surface area contributed by atoms with Crippen LogP contribution in [0.2, 0.25) is 0 Å². The number of rotatable bonds is 5. The monoisotopic (exact) mass is 401 g/mol. The zero-order valence-electron chi connectivity index (χ0n) is 11.7. The van der Waals surface area contributed by atoms with Gasteiger partial charge < -0.3 is 5.23 Å². The molecule has 0 saturated heterocycles. The molecule has 1 aromatic heterocycles. The molecule has 0 aliphatic heterocycles. The van der Waals surface area contributed by atoms with E-state index in [2.05, 4.69) is 39.4 Å². The number of hydrogen-bond donors (Lipinski definition) is 1. The average molecular weight is 401 g/mol. The van der Waals surface area contributed by atoms with Gasteiger partial charge in [0.2, 0.25) is 7.98 Å². The van der Waals surface area contributed by atoms with Gasteiger partial charge in [-0.15, -0.1) is 6.58 Å². The van der Waals surface area contributed by atoms with Gasteiger partial charge in [0.05, 0.1) is 6.04 Å². The summed E-state index contributed by atoms with van der Waals surface area (Å²) in [5.74, 6) is 0.627. The molecule has 0 amide bonds. The fourth-order valence-corrected chi connectivity index (χ4v) is 3.88. The Balaban J connectivity index is 2.10. The van der Waals surface area contributed by atoms with Gasteiger partial charge in [0, 0.05) is 10.1 Å². The van der Waals surface area contributed by atoms with Crippen LogP contribution in [0, 0.1) is 5.92 Å². The zero-order valence-corrected chi connectivity index (χ0v) is 13.9. The molecule has 1 heterocycles. The molecule has 21 heavy (non-hydrogen) atoms. The van der Waals surface area contributed by atoms with Crippen LogP contribution in [0.4, 0.5) is 10.2 Å². The number of nitrogens with zero attached hydrogens (tertiary/aromatic N) is 2. The number of aromatic nitrogens is 2. The van der Waals surface area contributed by atoms with Crippen molar-refractivity contribution < 1.29 is 4.39 Å². The summed E-state index contributed by atoms with van der Waals surface area (Å²) in [6, 6.07) is 1.15. The van der Waals surface area contributed by atoms with Crippen molar-refractivity contribution in [1.82, 2.24) is 9.55 Å². The second kappa shape index (κ2) is 7.42. The first-order valence-corrected chi connectivity index (χ1v) is 8.26. The van der Waals surface area contributed by atoms with Gasteiger partial charge in [-0.3, -0.25) is 4.57 Å². The third-order valence-corrected chi connectivity index (χ3v) is 5.54. The lowest BCUT2D eigenvalue weighted by Crippen LogP contribution is -2.37. The van der Waals surface area contributed by atoms with E-state index < -0.39 is 17.9 Å². The topological polar surface area (TPSA) is 46.9 Å². The smallest absolute Gasteiger partial charge is 0.349 e. The minimum Gasteiger partial charge on any atom is -0.422 e. The van der Waals surface area contributed by atoms with Crippen LogP contribution in [0.1, 0.15) is 31.7 Å². The molecular weight excluding hydrogens is 383 g/mol. The van der Waals surface area contributed by atoms with Gasteiger partial charge in [0.15, 0.2) is 0 Å². The zero-order chi connectivity index (χ0) is 15.4. The molecule has 1 N–H and O–H groups in total. The van der Waals surface area contributed by atoms with E-state index in [1.54, 1.807) is 12.3 Å². The number of alkyl halides is 2. The summed E-state index contributed by atoms with van der Waals surface area (Å²) in [6.45, 7) is 3.74. The Labute approximate surface area is 138 Å². The molecule has 112 valence electrons. The molecule has 2 rings (SSSR count). The summed E-state index contributed by atoms with van der Waals surface area (Å²) < 4.78 is 16.3. The van der Waals surface area contributed by atoms with Crippen molar-refractivity contribution in [2.24, 2.45) is 5.92 Å². The molecule has 1 aliphatic rings. The molecule has 1 unspecified atom stereocenters. The number of allylic oxidation sites excluding steroid dienone is 1. The van der Waals surface area contributed by atoms with E-state index in [9.17, 15) is 9.18 Å². The van der Waals surface area contributed by atoms with Crippen LogP contribution in [0.25, 0.3) is 0 Å². The summed E-state index contributed by atoms with van der Waals surface area (Å²) in [7, 11) is 5.21.